The lowest BCUT2D eigenvalue weighted by atomic mass is 10.1. The molecule has 0 aliphatic rings. The molecule has 1 aromatic heterocycles. The van der Waals surface area contributed by atoms with E-state index in [0.29, 0.717) is 12.4 Å². The molecule has 1 unspecified atom stereocenters. The average molecular weight is 239 g/mol. The number of nitrogens with zero attached hydrogens (tertiary/aromatic N) is 2. The molecule has 1 aromatic carbocycles. The van der Waals surface area contributed by atoms with Crippen LogP contribution in [0.15, 0.2) is 22.7 Å². The lowest BCUT2D eigenvalue weighted by molar-refractivity contribution is 0.415. The maximum atomic E-state index is 13.4. The lowest BCUT2D eigenvalue weighted by Gasteiger charge is -1.99. The molecule has 0 radical (unpaired) electrons. The second kappa shape index (κ2) is 4.58. The predicted molar refractivity (Wildman–Crippen MR) is 57.1 cm³/mol. The van der Waals surface area contributed by atoms with Gasteiger partial charge in [-0.05, 0) is 12.1 Å². The first-order valence-corrected chi connectivity index (χ1v) is 5.11. The summed E-state index contributed by atoms with van der Waals surface area (Å²) in [5.74, 6) is -1.03. The number of aromatic nitrogens is 2. The van der Waals surface area contributed by atoms with Crippen molar-refractivity contribution in [2.45, 2.75) is 12.8 Å². The summed E-state index contributed by atoms with van der Waals surface area (Å²) < 4.78 is 31.1. The second-order valence-electron chi connectivity index (χ2n) is 3.72. The van der Waals surface area contributed by atoms with E-state index in [1.54, 1.807) is 0 Å². The van der Waals surface area contributed by atoms with Crippen LogP contribution in [0.4, 0.5) is 8.78 Å². The van der Waals surface area contributed by atoms with E-state index in [1.165, 1.54) is 6.07 Å². The normalized spacial score (nSPS) is 12.7. The topological polar surface area (TPSA) is 64.9 Å². The highest BCUT2D eigenvalue weighted by atomic mass is 19.1. The van der Waals surface area contributed by atoms with Crippen LogP contribution in [0, 0.1) is 11.6 Å². The van der Waals surface area contributed by atoms with Crippen LogP contribution in [0.25, 0.3) is 11.5 Å². The number of benzene rings is 1. The molecule has 4 nitrogen and oxygen atoms in total. The van der Waals surface area contributed by atoms with Crippen molar-refractivity contribution in [3.8, 4) is 11.5 Å². The molecular weight excluding hydrogens is 228 g/mol. The van der Waals surface area contributed by atoms with Crippen molar-refractivity contribution in [1.29, 1.82) is 0 Å². The van der Waals surface area contributed by atoms with Gasteiger partial charge in [-0.2, -0.15) is 4.98 Å². The standard InChI is InChI=1S/C11H11F2N3O/c1-6(5-14)10-15-11(17-16-10)8-3-2-7(12)4-9(8)13/h2-4,6H,5,14H2,1H3. The van der Waals surface area contributed by atoms with Crippen LogP contribution in [0.1, 0.15) is 18.7 Å². The van der Waals surface area contributed by atoms with Gasteiger partial charge in [0.2, 0.25) is 0 Å². The van der Waals surface area contributed by atoms with Crippen molar-refractivity contribution in [1.82, 2.24) is 10.1 Å². The molecule has 0 bridgehead atoms. The Balaban J connectivity index is 2.37. The fraction of sp³-hybridized carbons (Fsp3) is 0.273. The maximum Gasteiger partial charge on any atom is 0.260 e. The van der Waals surface area contributed by atoms with Crippen LogP contribution in [-0.2, 0) is 0 Å². The van der Waals surface area contributed by atoms with E-state index in [4.69, 9.17) is 10.3 Å². The van der Waals surface area contributed by atoms with E-state index in [1.807, 2.05) is 6.92 Å². The molecule has 0 spiro atoms. The van der Waals surface area contributed by atoms with Crippen LogP contribution in [0.2, 0.25) is 0 Å². The molecular formula is C11H11F2N3O. The van der Waals surface area contributed by atoms with Gasteiger partial charge in [0.1, 0.15) is 11.6 Å². The van der Waals surface area contributed by atoms with Gasteiger partial charge < -0.3 is 10.3 Å². The molecule has 1 atom stereocenters. The van der Waals surface area contributed by atoms with Crippen molar-refractivity contribution < 1.29 is 13.3 Å². The van der Waals surface area contributed by atoms with Gasteiger partial charge in [0.25, 0.3) is 5.89 Å². The Bertz CT molecular complexity index is 527. The number of hydrogen-bond acceptors (Lipinski definition) is 4. The van der Waals surface area contributed by atoms with Gasteiger partial charge in [0.15, 0.2) is 5.82 Å². The Morgan fingerprint density at radius 3 is 2.82 bits per heavy atom. The zero-order valence-electron chi connectivity index (χ0n) is 9.15. The molecule has 0 amide bonds. The fourth-order valence-electron chi connectivity index (χ4n) is 1.31. The Hall–Kier alpha value is -1.82. The third-order valence-corrected chi connectivity index (χ3v) is 2.40. The SMILES string of the molecule is CC(CN)c1noc(-c2ccc(F)cc2F)n1. The summed E-state index contributed by atoms with van der Waals surface area (Å²) in [7, 11) is 0. The number of hydrogen-bond donors (Lipinski definition) is 1. The molecule has 0 saturated heterocycles. The monoisotopic (exact) mass is 239 g/mol. The maximum absolute atomic E-state index is 13.4. The molecule has 2 aromatic rings. The Labute approximate surface area is 96.4 Å². The molecule has 0 saturated carbocycles. The summed E-state index contributed by atoms with van der Waals surface area (Å²) in [5, 5.41) is 3.70. The zero-order valence-corrected chi connectivity index (χ0v) is 9.15. The molecule has 0 aliphatic heterocycles. The van der Waals surface area contributed by atoms with Gasteiger partial charge in [0, 0.05) is 18.5 Å². The van der Waals surface area contributed by atoms with Crippen LogP contribution < -0.4 is 5.73 Å². The van der Waals surface area contributed by atoms with Crippen LogP contribution >= 0.6 is 0 Å². The third-order valence-electron chi connectivity index (χ3n) is 2.40. The molecule has 0 aliphatic carbocycles. The van der Waals surface area contributed by atoms with Crippen molar-refractivity contribution >= 4 is 0 Å². The summed E-state index contributed by atoms with van der Waals surface area (Å²) in [4.78, 5) is 4.02. The van der Waals surface area contributed by atoms with Crippen molar-refractivity contribution in [2.75, 3.05) is 6.54 Å². The Kier molecular flexibility index (Phi) is 3.14. The summed E-state index contributed by atoms with van der Waals surface area (Å²) in [6, 6.07) is 3.16. The van der Waals surface area contributed by atoms with Gasteiger partial charge in [-0.25, -0.2) is 8.78 Å². The first kappa shape index (κ1) is 11.7. The highest BCUT2D eigenvalue weighted by Crippen LogP contribution is 2.23. The quantitative estimate of drug-likeness (QED) is 0.890. The van der Waals surface area contributed by atoms with E-state index >= 15 is 0 Å². The number of rotatable bonds is 3. The fourth-order valence-corrected chi connectivity index (χ4v) is 1.31. The molecule has 90 valence electrons. The van der Waals surface area contributed by atoms with E-state index < -0.39 is 11.6 Å². The smallest absolute Gasteiger partial charge is 0.260 e. The summed E-state index contributed by atoms with van der Waals surface area (Å²) >= 11 is 0. The van der Waals surface area contributed by atoms with Crippen LogP contribution in [-0.4, -0.2) is 16.7 Å². The van der Waals surface area contributed by atoms with Gasteiger partial charge in [-0.3, -0.25) is 0 Å². The number of nitrogens with two attached hydrogens (primary N) is 1. The van der Waals surface area contributed by atoms with Crippen molar-refractivity contribution in [2.24, 2.45) is 5.73 Å². The van der Waals surface area contributed by atoms with E-state index in [0.717, 1.165) is 12.1 Å². The average Bonchev–Trinajstić information content (AvgIpc) is 2.77. The van der Waals surface area contributed by atoms with Crippen molar-refractivity contribution in [3.05, 3.63) is 35.7 Å². The Morgan fingerprint density at radius 2 is 2.18 bits per heavy atom. The van der Waals surface area contributed by atoms with Gasteiger partial charge in [-0.1, -0.05) is 12.1 Å². The third kappa shape index (κ3) is 2.31. The van der Waals surface area contributed by atoms with Gasteiger partial charge >= 0.3 is 0 Å². The van der Waals surface area contributed by atoms with E-state index in [-0.39, 0.29) is 17.4 Å². The summed E-state index contributed by atoms with van der Waals surface area (Å²) in [6.07, 6.45) is 0. The van der Waals surface area contributed by atoms with Crippen LogP contribution in [0.3, 0.4) is 0 Å². The first-order valence-electron chi connectivity index (χ1n) is 5.11. The lowest BCUT2D eigenvalue weighted by Crippen LogP contribution is -2.10. The minimum Gasteiger partial charge on any atom is -0.334 e. The highest BCUT2D eigenvalue weighted by molar-refractivity contribution is 5.53. The van der Waals surface area contributed by atoms with Crippen LogP contribution in [0.5, 0.6) is 0 Å². The minimum absolute atomic E-state index is 0.0257. The molecule has 17 heavy (non-hydrogen) atoms. The number of halogens is 2. The predicted octanol–water partition coefficient (Wildman–Crippen LogP) is 2.08. The van der Waals surface area contributed by atoms with Gasteiger partial charge in [-0.15, -0.1) is 0 Å². The minimum atomic E-state index is -0.736. The molecule has 2 N–H and O–H groups in total. The van der Waals surface area contributed by atoms with Gasteiger partial charge in [0.05, 0.1) is 5.56 Å². The second-order valence-corrected chi connectivity index (χ2v) is 3.72. The van der Waals surface area contributed by atoms with E-state index in [9.17, 15) is 8.78 Å². The van der Waals surface area contributed by atoms with Crippen molar-refractivity contribution in [3.63, 3.8) is 0 Å². The molecule has 0 fully saturated rings. The molecule has 1 heterocycles. The molecule has 6 heteroatoms. The highest BCUT2D eigenvalue weighted by Gasteiger charge is 2.16. The Morgan fingerprint density at radius 1 is 1.41 bits per heavy atom. The largest absolute Gasteiger partial charge is 0.334 e. The first-order chi connectivity index (χ1) is 8.11. The van der Waals surface area contributed by atoms with E-state index in [2.05, 4.69) is 10.1 Å². The summed E-state index contributed by atoms with van der Waals surface area (Å²) in [6.45, 7) is 2.19. The summed E-state index contributed by atoms with van der Waals surface area (Å²) in [5.41, 5.74) is 5.53. The molecule has 2 rings (SSSR count). The zero-order chi connectivity index (χ0) is 12.4.